The summed E-state index contributed by atoms with van der Waals surface area (Å²) < 4.78 is 39.1. The number of carbonyl (C=O) groups excluding carboxylic acids is 1. The maximum atomic E-state index is 14.4. The lowest BCUT2D eigenvalue weighted by Crippen LogP contribution is -2.43. The van der Waals surface area contributed by atoms with E-state index in [9.17, 15) is 13.6 Å². The van der Waals surface area contributed by atoms with Crippen LogP contribution in [-0.2, 0) is 24.2 Å². The van der Waals surface area contributed by atoms with E-state index in [0.717, 1.165) is 23.4 Å². The van der Waals surface area contributed by atoms with Crippen LogP contribution >= 0.6 is 0 Å². The number of hydrogen-bond donors (Lipinski definition) is 1. The zero-order chi connectivity index (χ0) is 24.2. The highest BCUT2D eigenvalue weighted by Gasteiger charge is 2.28. The summed E-state index contributed by atoms with van der Waals surface area (Å²) in [7, 11) is 0. The topological polar surface area (TPSA) is 79.8 Å². The number of hydrogen-bond acceptors (Lipinski definition) is 6. The molecule has 0 spiro atoms. The summed E-state index contributed by atoms with van der Waals surface area (Å²) in [6, 6.07) is 12.5. The van der Waals surface area contributed by atoms with Gasteiger partial charge in [0.05, 0.1) is 31.0 Å². The first-order chi connectivity index (χ1) is 17.1. The molecule has 182 valence electrons. The molecule has 0 atom stereocenters. The monoisotopic (exact) mass is 481 g/mol. The van der Waals surface area contributed by atoms with Gasteiger partial charge in [-0.05, 0) is 17.7 Å². The van der Waals surface area contributed by atoms with Gasteiger partial charge in [0.2, 0.25) is 11.8 Å². The van der Waals surface area contributed by atoms with Gasteiger partial charge >= 0.3 is 6.03 Å². The van der Waals surface area contributed by atoms with Crippen molar-refractivity contribution in [2.24, 2.45) is 0 Å². The molecule has 10 heteroatoms. The molecule has 2 aliphatic heterocycles. The molecule has 0 aliphatic carbocycles. The molecule has 0 saturated carbocycles. The molecule has 1 N–H and O–H groups in total. The predicted molar refractivity (Wildman–Crippen MR) is 124 cm³/mol. The van der Waals surface area contributed by atoms with Gasteiger partial charge in [-0.3, -0.25) is 0 Å². The summed E-state index contributed by atoms with van der Waals surface area (Å²) in [5.74, 6) is -1.06. The van der Waals surface area contributed by atoms with Gasteiger partial charge in [0.1, 0.15) is 5.82 Å². The minimum Gasteiger partial charge on any atom is -0.435 e. The summed E-state index contributed by atoms with van der Waals surface area (Å²) in [4.78, 5) is 25.8. The van der Waals surface area contributed by atoms with E-state index >= 15 is 0 Å². The number of fused-ring (bicyclic) bond motifs is 1. The molecule has 2 amide bonds. The Bertz CT molecular complexity index is 1210. The number of halogens is 2. The molecule has 0 unspecified atom stereocenters. The molecule has 3 heterocycles. The molecule has 35 heavy (non-hydrogen) atoms. The second kappa shape index (κ2) is 10.2. The molecule has 1 saturated heterocycles. The number of nitrogens with zero attached hydrogens (tertiary/aromatic N) is 4. The maximum Gasteiger partial charge on any atom is 0.317 e. The second-order valence-electron chi connectivity index (χ2n) is 8.35. The van der Waals surface area contributed by atoms with Crippen molar-refractivity contribution in [1.29, 1.82) is 0 Å². The first-order valence-corrected chi connectivity index (χ1v) is 11.5. The van der Waals surface area contributed by atoms with Gasteiger partial charge in [0, 0.05) is 38.7 Å². The van der Waals surface area contributed by atoms with Gasteiger partial charge in [-0.1, -0.05) is 30.3 Å². The third-order valence-corrected chi connectivity index (χ3v) is 5.98. The van der Waals surface area contributed by atoms with Crippen molar-refractivity contribution in [2.75, 3.05) is 37.7 Å². The summed E-state index contributed by atoms with van der Waals surface area (Å²) in [6.45, 7) is 3.43. The van der Waals surface area contributed by atoms with Crippen LogP contribution < -0.4 is 15.0 Å². The molecule has 2 aromatic carbocycles. The number of ether oxygens (including phenoxy) is 2. The van der Waals surface area contributed by atoms with Crippen molar-refractivity contribution in [1.82, 2.24) is 20.2 Å². The molecule has 0 bridgehead atoms. The van der Waals surface area contributed by atoms with Crippen LogP contribution in [-0.4, -0.2) is 53.7 Å². The molecular weight excluding hydrogens is 456 g/mol. The zero-order valence-electron chi connectivity index (χ0n) is 19.0. The quantitative estimate of drug-likeness (QED) is 0.599. The fourth-order valence-electron chi connectivity index (χ4n) is 4.08. The van der Waals surface area contributed by atoms with Crippen molar-refractivity contribution in [2.45, 2.75) is 19.5 Å². The number of benzene rings is 2. The van der Waals surface area contributed by atoms with E-state index in [-0.39, 0.29) is 24.2 Å². The Morgan fingerprint density at radius 3 is 2.63 bits per heavy atom. The van der Waals surface area contributed by atoms with E-state index < -0.39 is 11.6 Å². The molecule has 5 rings (SSSR count). The lowest BCUT2D eigenvalue weighted by Gasteiger charge is -2.32. The number of nitrogens with one attached hydrogen (secondary N) is 1. The van der Waals surface area contributed by atoms with Crippen molar-refractivity contribution < 1.29 is 23.0 Å². The average molecular weight is 482 g/mol. The average Bonchev–Trinajstić information content (AvgIpc) is 2.89. The van der Waals surface area contributed by atoms with Crippen LogP contribution in [0.15, 0.2) is 48.5 Å². The second-order valence-corrected chi connectivity index (χ2v) is 8.35. The minimum absolute atomic E-state index is 0.147. The Labute approximate surface area is 201 Å². The molecule has 2 aliphatic rings. The van der Waals surface area contributed by atoms with Gasteiger partial charge in [0.25, 0.3) is 0 Å². The number of urea groups is 1. The molecule has 8 nitrogen and oxygen atoms in total. The fraction of sp³-hybridized carbons (Fsp3) is 0.320. The standard InChI is InChI=1S/C25H25F2N5O3/c26-18-6-7-22(20(27)14-18)35-23-19-16-32(25(33)28-15-17-4-2-1-3-5-17)9-8-21(19)29-24(30-23)31-10-12-34-13-11-31/h1-7,14H,8-13,15-16H2,(H,28,33). The van der Waals surface area contributed by atoms with E-state index in [1.165, 1.54) is 6.07 Å². The van der Waals surface area contributed by atoms with Crippen LogP contribution in [0, 0.1) is 11.6 Å². The third kappa shape index (κ3) is 5.32. The van der Waals surface area contributed by atoms with E-state index in [0.29, 0.717) is 57.3 Å². The third-order valence-electron chi connectivity index (χ3n) is 5.98. The van der Waals surface area contributed by atoms with Crippen LogP contribution in [0.2, 0.25) is 0 Å². The van der Waals surface area contributed by atoms with Crippen molar-refractivity contribution >= 4 is 12.0 Å². The SMILES string of the molecule is O=C(NCc1ccccc1)N1CCc2nc(N3CCOCC3)nc(Oc3ccc(F)cc3F)c2C1. The lowest BCUT2D eigenvalue weighted by atomic mass is 10.1. The van der Waals surface area contributed by atoms with E-state index in [1.54, 1.807) is 4.90 Å². The number of morpholine rings is 1. The molecule has 3 aromatic rings. The lowest BCUT2D eigenvalue weighted by molar-refractivity contribution is 0.122. The minimum atomic E-state index is -0.835. The van der Waals surface area contributed by atoms with Gasteiger partial charge in [0.15, 0.2) is 11.6 Å². The van der Waals surface area contributed by atoms with E-state index in [4.69, 9.17) is 14.5 Å². The number of rotatable bonds is 5. The van der Waals surface area contributed by atoms with Crippen LogP contribution in [0.1, 0.15) is 16.8 Å². The zero-order valence-corrected chi connectivity index (χ0v) is 19.0. The Kier molecular flexibility index (Phi) is 6.71. The molecule has 1 fully saturated rings. The Hall–Kier alpha value is -3.79. The highest BCUT2D eigenvalue weighted by atomic mass is 19.1. The van der Waals surface area contributed by atoms with Crippen LogP contribution in [0.5, 0.6) is 11.6 Å². The van der Waals surface area contributed by atoms with Crippen LogP contribution in [0.3, 0.4) is 0 Å². The van der Waals surface area contributed by atoms with Gasteiger partial charge < -0.3 is 24.6 Å². The highest BCUT2D eigenvalue weighted by Crippen LogP contribution is 2.33. The van der Waals surface area contributed by atoms with Crippen molar-refractivity contribution in [3.63, 3.8) is 0 Å². The molecule has 1 aromatic heterocycles. The Morgan fingerprint density at radius 2 is 1.86 bits per heavy atom. The summed E-state index contributed by atoms with van der Waals surface area (Å²) >= 11 is 0. The highest BCUT2D eigenvalue weighted by molar-refractivity contribution is 5.74. The molecule has 0 radical (unpaired) electrons. The smallest absolute Gasteiger partial charge is 0.317 e. The number of anilines is 1. The van der Waals surface area contributed by atoms with Gasteiger partial charge in [-0.15, -0.1) is 0 Å². The summed E-state index contributed by atoms with van der Waals surface area (Å²) in [6.07, 6.45) is 0.496. The number of carbonyl (C=O) groups is 1. The Balaban J connectivity index is 1.40. The van der Waals surface area contributed by atoms with Crippen LogP contribution in [0.4, 0.5) is 19.5 Å². The molecular formula is C25H25F2N5O3. The number of amides is 2. The largest absolute Gasteiger partial charge is 0.435 e. The predicted octanol–water partition coefficient (Wildman–Crippen LogP) is 3.65. The summed E-state index contributed by atoms with van der Waals surface area (Å²) in [5, 5.41) is 2.93. The van der Waals surface area contributed by atoms with E-state index in [1.807, 2.05) is 35.2 Å². The number of aromatic nitrogens is 2. The first-order valence-electron chi connectivity index (χ1n) is 11.5. The Morgan fingerprint density at radius 1 is 1.06 bits per heavy atom. The maximum absolute atomic E-state index is 14.4. The fourth-order valence-corrected chi connectivity index (χ4v) is 4.08. The van der Waals surface area contributed by atoms with Gasteiger partial charge in [-0.2, -0.15) is 4.98 Å². The van der Waals surface area contributed by atoms with Crippen molar-refractivity contribution in [3.05, 3.63) is 77.0 Å². The van der Waals surface area contributed by atoms with Crippen LogP contribution in [0.25, 0.3) is 0 Å². The van der Waals surface area contributed by atoms with Gasteiger partial charge in [-0.25, -0.2) is 18.6 Å². The van der Waals surface area contributed by atoms with E-state index in [2.05, 4.69) is 10.3 Å². The first kappa shape index (κ1) is 23.0. The summed E-state index contributed by atoms with van der Waals surface area (Å²) in [5.41, 5.74) is 2.34. The van der Waals surface area contributed by atoms with Crippen molar-refractivity contribution in [3.8, 4) is 11.6 Å². The normalized spacial score (nSPS) is 15.5.